The van der Waals surface area contributed by atoms with E-state index in [0.29, 0.717) is 5.56 Å². The van der Waals surface area contributed by atoms with E-state index < -0.39 is 0 Å². The first-order chi connectivity index (χ1) is 8.39. The molecule has 2 heteroatoms. The predicted octanol–water partition coefficient (Wildman–Crippen LogP) is 5.35. The minimum Gasteiger partial charge on any atom is -0.207 e. The highest BCUT2D eigenvalue weighted by molar-refractivity contribution is 9.10. The van der Waals surface area contributed by atoms with Crippen molar-refractivity contribution in [3.8, 4) is 11.1 Å². The molecule has 0 amide bonds. The molecule has 0 unspecified atom stereocenters. The van der Waals surface area contributed by atoms with E-state index in [0.717, 1.165) is 15.6 Å². The van der Waals surface area contributed by atoms with E-state index in [1.807, 2.05) is 45.0 Å². The van der Waals surface area contributed by atoms with Crippen molar-refractivity contribution in [3.63, 3.8) is 0 Å². The number of rotatable bonds is 1. The molecule has 0 heterocycles. The minimum atomic E-state index is -0.251. The van der Waals surface area contributed by atoms with Gasteiger partial charge in [0.05, 0.1) is 0 Å². The molecular formula is C16H15BrF. The smallest absolute Gasteiger partial charge is 0.127 e. The number of benzene rings is 2. The van der Waals surface area contributed by atoms with Crippen molar-refractivity contribution >= 4 is 15.9 Å². The summed E-state index contributed by atoms with van der Waals surface area (Å²) in [6.07, 6.45) is 0. The van der Waals surface area contributed by atoms with Crippen LogP contribution in [0.2, 0.25) is 0 Å². The molecule has 0 aliphatic heterocycles. The molecule has 2 rings (SSSR count). The second-order valence-electron chi connectivity index (χ2n) is 5.34. The van der Waals surface area contributed by atoms with Crippen LogP contribution in [0.5, 0.6) is 0 Å². The Morgan fingerprint density at radius 1 is 1.17 bits per heavy atom. The zero-order chi connectivity index (χ0) is 13.3. The molecule has 2 aromatic rings. The summed E-state index contributed by atoms with van der Waals surface area (Å²) in [6, 6.07) is 14.2. The first-order valence-electron chi connectivity index (χ1n) is 5.86. The third-order valence-corrected chi connectivity index (χ3v) is 3.30. The highest BCUT2D eigenvalue weighted by atomic mass is 79.9. The van der Waals surface area contributed by atoms with Gasteiger partial charge in [0.15, 0.2) is 0 Å². The molecule has 1 radical (unpaired) electrons. The quantitative estimate of drug-likeness (QED) is 0.666. The van der Waals surface area contributed by atoms with Gasteiger partial charge < -0.3 is 0 Å². The third-order valence-electron chi connectivity index (χ3n) is 2.81. The zero-order valence-electron chi connectivity index (χ0n) is 10.7. The first kappa shape index (κ1) is 13.3. The second-order valence-corrected chi connectivity index (χ2v) is 6.25. The molecule has 0 spiro atoms. The number of hydrogen-bond acceptors (Lipinski definition) is 0. The summed E-state index contributed by atoms with van der Waals surface area (Å²) in [7, 11) is 0. The first-order valence-corrected chi connectivity index (χ1v) is 6.65. The molecule has 0 fully saturated rings. The van der Waals surface area contributed by atoms with E-state index >= 15 is 0 Å². The molecule has 0 aliphatic carbocycles. The second kappa shape index (κ2) is 4.85. The third kappa shape index (κ3) is 2.64. The molecule has 0 nitrogen and oxygen atoms in total. The topological polar surface area (TPSA) is 0 Å². The van der Waals surface area contributed by atoms with E-state index in [4.69, 9.17) is 0 Å². The van der Waals surface area contributed by atoms with Crippen LogP contribution in [0.3, 0.4) is 0 Å². The van der Waals surface area contributed by atoms with E-state index in [1.165, 1.54) is 6.07 Å². The number of hydrogen-bond donors (Lipinski definition) is 0. The van der Waals surface area contributed by atoms with E-state index in [1.54, 1.807) is 6.07 Å². The van der Waals surface area contributed by atoms with Crippen molar-refractivity contribution in [3.05, 3.63) is 58.3 Å². The summed E-state index contributed by atoms with van der Waals surface area (Å²) in [5.74, 6) is -0.170. The van der Waals surface area contributed by atoms with Gasteiger partial charge in [-0.15, -0.1) is 0 Å². The van der Waals surface area contributed by atoms with Crippen LogP contribution < -0.4 is 0 Å². The average Bonchev–Trinajstić information content (AvgIpc) is 2.27. The summed E-state index contributed by atoms with van der Waals surface area (Å²) >= 11 is 3.45. The van der Waals surface area contributed by atoms with Gasteiger partial charge in [0.25, 0.3) is 0 Å². The molecule has 0 N–H and O–H groups in total. The Balaban J connectivity index is 2.69. The fraction of sp³-hybridized carbons (Fsp3) is 0.250. The largest absolute Gasteiger partial charge is 0.207 e. The van der Waals surface area contributed by atoms with Crippen LogP contribution in [-0.4, -0.2) is 0 Å². The normalized spacial score (nSPS) is 11.6. The molecule has 0 saturated heterocycles. The lowest BCUT2D eigenvalue weighted by Crippen LogP contribution is -2.15. The van der Waals surface area contributed by atoms with Gasteiger partial charge in [-0.05, 0) is 40.8 Å². The summed E-state index contributed by atoms with van der Waals surface area (Å²) in [5.41, 5.74) is 2.28. The molecule has 0 saturated carbocycles. The Labute approximate surface area is 116 Å². The van der Waals surface area contributed by atoms with Crippen LogP contribution in [0, 0.1) is 11.9 Å². The fourth-order valence-electron chi connectivity index (χ4n) is 2.08. The lowest BCUT2D eigenvalue weighted by atomic mass is 9.81. The lowest BCUT2D eigenvalue weighted by molar-refractivity contribution is 0.524. The Hall–Kier alpha value is -1.15. The lowest BCUT2D eigenvalue weighted by Gasteiger charge is -2.23. The van der Waals surface area contributed by atoms with Crippen molar-refractivity contribution < 1.29 is 4.39 Å². The van der Waals surface area contributed by atoms with Gasteiger partial charge in [0.2, 0.25) is 0 Å². The van der Waals surface area contributed by atoms with Crippen molar-refractivity contribution in [1.29, 1.82) is 0 Å². The molecule has 0 aromatic heterocycles. The van der Waals surface area contributed by atoms with Crippen molar-refractivity contribution in [2.45, 2.75) is 26.2 Å². The Morgan fingerprint density at radius 3 is 2.50 bits per heavy atom. The molecule has 0 bridgehead atoms. The van der Waals surface area contributed by atoms with Crippen LogP contribution in [0.1, 0.15) is 26.3 Å². The number of halogens is 2. The SMILES string of the molecule is CC(C)(C)c1c(-c2cccc(Br)c2)[c]ccc1F. The van der Waals surface area contributed by atoms with Gasteiger partial charge in [0, 0.05) is 10.0 Å². The molecule has 0 atom stereocenters. The van der Waals surface area contributed by atoms with Crippen LogP contribution in [-0.2, 0) is 5.41 Å². The van der Waals surface area contributed by atoms with Gasteiger partial charge in [-0.3, -0.25) is 0 Å². The Bertz CT molecular complexity index is 568. The summed E-state index contributed by atoms with van der Waals surface area (Å²) < 4.78 is 15.1. The Kier molecular flexibility index (Phi) is 3.58. The van der Waals surface area contributed by atoms with Crippen LogP contribution in [0.4, 0.5) is 4.39 Å². The van der Waals surface area contributed by atoms with Crippen LogP contribution >= 0.6 is 15.9 Å². The highest BCUT2D eigenvalue weighted by Gasteiger charge is 2.22. The van der Waals surface area contributed by atoms with E-state index in [2.05, 4.69) is 22.0 Å². The summed E-state index contributed by atoms with van der Waals surface area (Å²) in [4.78, 5) is 0. The maximum absolute atomic E-state index is 14.1. The van der Waals surface area contributed by atoms with Crippen molar-refractivity contribution in [2.24, 2.45) is 0 Å². The highest BCUT2D eigenvalue weighted by Crippen LogP contribution is 2.35. The molecule has 93 valence electrons. The van der Waals surface area contributed by atoms with Crippen LogP contribution in [0.15, 0.2) is 40.9 Å². The maximum Gasteiger partial charge on any atom is 0.127 e. The minimum absolute atomic E-state index is 0.170. The Morgan fingerprint density at radius 2 is 1.89 bits per heavy atom. The van der Waals surface area contributed by atoms with Crippen molar-refractivity contribution in [1.82, 2.24) is 0 Å². The van der Waals surface area contributed by atoms with Gasteiger partial charge in [0.1, 0.15) is 5.82 Å². The molecule has 18 heavy (non-hydrogen) atoms. The van der Waals surface area contributed by atoms with Gasteiger partial charge in [-0.2, -0.15) is 0 Å². The zero-order valence-corrected chi connectivity index (χ0v) is 12.3. The maximum atomic E-state index is 14.1. The van der Waals surface area contributed by atoms with E-state index in [-0.39, 0.29) is 11.2 Å². The van der Waals surface area contributed by atoms with Gasteiger partial charge >= 0.3 is 0 Å². The molecule has 0 aliphatic rings. The standard InChI is InChI=1S/C16H15BrF/c1-16(2,3)15-13(8-5-9-14(15)18)11-6-4-7-12(17)10-11/h4-7,9-10H,1-3H3. The molecular weight excluding hydrogens is 291 g/mol. The van der Waals surface area contributed by atoms with Crippen LogP contribution in [0.25, 0.3) is 11.1 Å². The average molecular weight is 306 g/mol. The fourth-order valence-corrected chi connectivity index (χ4v) is 2.48. The van der Waals surface area contributed by atoms with Crippen molar-refractivity contribution in [2.75, 3.05) is 0 Å². The molecule has 2 aromatic carbocycles. The monoisotopic (exact) mass is 305 g/mol. The van der Waals surface area contributed by atoms with Gasteiger partial charge in [-0.1, -0.05) is 54.9 Å². The summed E-state index contributed by atoms with van der Waals surface area (Å²) in [5, 5.41) is 0. The summed E-state index contributed by atoms with van der Waals surface area (Å²) in [6.45, 7) is 6.04. The predicted molar refractivity (Wildman–Crippen MR) is 77.1 cm³/mol. The van der Waals surface area contributed by atoms with Gasteiger partial charge in [-0.25, -0.2) is 4.39 Å². The van der Waals surface area contributed by atoms with E-state index in [9.17, 15) is 4.39 Å².